The van der Waals surface area contributed by atoms with Crippen molar-refractivity contribution in [3.63, 3.8) is 0 Å². The first-order valence-electron chi connectivity index (χ1n) is 3.57. The molecule has 0 saturated heterocycles. The van der Waals surface area contributed by atoms with E-state index in [9.17, 15) is 4.39 Å². The van der Waals surface area contributed by atoms with Crippen LogP contribution in [-0.2, 0) is 0 Å². The molecule has 0 atom stereocenters. The van der Waals surface area contributed by atoms with Crippen molar-refractivity contribution < 1.29 is 4.39 Å². The van der Waals surface area contributed by atoms with Gasteiger partial charge in [0.2, 0.25) is 0 Å². The van der Waals surface area contributed by atoms with E-state index < -0.39 is 0 Å². The van der Waals surface area contributed by atoms with E-state index in [1.54, 1.807) is 6.07 Å². The van der Waals surface area contributed by atoms with Gasteiger partial charge in [-0.05, 0) is 33.5 Å². The van der Waals surface area contributed by atoms with Crippen molar-refractivity contribution in [3.8, 4) is 0 Å². The van der Waals surface area contributed by atoms with Crippen molar-refractivity contribution in [1.82, 2.24) is 0 Å². The molecule has 1 aromatic carbocycles. The predicted molar refractivity (Wildman–Crippen MR) is 48.2 cm³/mol. The summed E-state index contributed by atoms with van der Waals surface area (Å²) in [6.07, 6.45) is 0. The van der Waals surface area contributed by atoms with Crippen LogP contribution in [0.15, 0.2) is 22.7 Å². The van der Waals surface area contributed by atoms with Crippen molar-refractivity contribution >= 4 is 15.9 Å². The predicted octanol–water partition coefficient (Wildman–Crippen LogP) is 3.71. The highest BCUT2D eigenvalue weighted by Crippen LogP contribution is 2.26. The van der Waals surface area contributed by atoms with Gasteiger partial charge in [-0.2, -0.15) is 0 Å². The van der Waals surface area contributed by atoms with Gasteiger partial charge in [-0.15, -0.1) is 0 Å². The van der Waals surface area contributed by atoms with Gasteiger partial charge in [-0.25, -0.2) is 4.39 Å². The molecule has 60 valence electrons. The summed E-state index contributed by atoms with van der Waals surface area (Å²) in [6, 6.07) is 5.11. The Bertz CT molecular complexity index is 256. The largest absolute Gasteiger partial charge is 0.206 e. The molecular weight excluding hydrogens is 207 g/mol. The maximum absolute atomic E-state index is 12.9. The molecule has 0 aromatic heterocycles. The number of benzene rings is 1. The quantitative estimate of drug-likeness (QED) is 0.672. The molecule has 0 unspecified atom stereocenters. The molecule has 0 nitrogen and oxygen atoms in total. The van der Waals surface area contributed by atoms with E-state index in [1.165, 1.54) is 6.07 Å². The van der Waals surface area contributed by atoms with Gasteiger partial charge in [0, 0.05) is 0 Å². The van der Waals surface area contributed by atoms with Crippen molar-refractivity contribution in [2.75, 3.05) is 0 Å². The first-order valence-corrected chi connectivity index (χ1v) is 4.36. The highest BCUT2D eigenvalue weighted by Gasteiger charge is 2.07. The Morgan fingerprint density at radius 1 is 1.36 bits per heavy atom. The van der Waals surface area contributed by atoms with Crippen LogP contribution >= 0.6 is 15.9 Å². The molecule has 0 aliphatic heterocycles. The van der Waals surface area contributed by atoms with E-state index in [-0.39, 0.29) is 5.82 Å². The van der Waals surface area contributed by atoms with E-state index in [4.69, 9.17) is 0 Å². The number of rotatable bonds is 1. The van der Waals surface area contributed by atoms with Crippen LogP contribution < -0.4 is 0 Å². The smallest absolute Gasteiger partial charge is 0.137 e. The van der Waals surface area contributed by atoms with E-state index >= 15 is 0 Å². The van der Waals surface area contributed by atoms with Gasteiger partial charge in [-0.1, -0.05) is 26.0 Å². The summed E-state index contributed by atoms with van der Waals surface area (Å²) in [5.41, 5.74) is 1.02. The Morgan fingerprint density at radius 2 is 2.00 bits per heavy atom. The molecule has 0 amide bonds. The second-order valence-corrected chi connectivity index (χ2v) is 3.59. The zero-order valence-corrected chi connectivity index (χ0v) is 8.15. The first kappa shape index (κ1) is 8.72. The molecule has 0 N–H and O–H groups in total. The molecule has 0 heterocycles. The molecule has 0 aliphatic rings. The van der Waals surface area contributed by atoms with Gasteiger partial charge < -0.3 is 0 Å². The fraction of sp³-hybridized carbons (Fsp3) is 0.333. The normalized spacial score (nSPS) is 10.6. The molecule has 0 aliphatic carbocycles. The van der Waals surface area contributed by atoms with Crippen molar-refractivity contribution in [2.24, 2.45) is 0 Å². The number of hydrogen-bond acceptors (Lipinski definition) is 0. The van der Waals surface area contributed by atoms with Gasteiger partial charge in [0.05, 0.1) is 4.47 Å². The minimum Gasteiger partial charge on any atom is -0.206 e. The van der Waals surface area contributed by atoms with Crippen LogP contribution in [0, 0.1) is 5.82 Å². The molecule has 0 fully saturated rings. The molecule has 11 heavy (non-hydrogen) atoms. The maximum Gasteiger partial charge on any atom is 0.137 e. The second-order valence-electron chi connectivity index (χ2n) is 2.80. The van der Waals surface area contributed by atoms with Gasteiger partial charge in [0.15, 0.2) is 0 Å². The lowest BCUT2D eigenvalue weighted by atomic mass is 10.0. The van der Waals surface area contributed by atoms with Crippen LogP contribution in [0.25, 0.3) is 0 Å². The van der Waals surface area contributed by atoms with E-state index in [0.717, 1.165) is 5.56 Å². The van der Waals surface area contributed by atoms with E-state index in [2.05, 4.69) is 15.9 Å². The average Bonchev–Trinajstić information content (AvgIpc) is 1.94. The highest BCUT2D eigenvalue weighted by atomic mass is 79.9. The summed E-state index contributed by atoms with van der Waals surface area (Å²) in [6.45, 7) is 4.08. The topological polar surface area (TPSA) is 0 Å². The average molecular weight is 217 g/mol. The SMILES string of the molecule is CC(C)c1cccc(F)c1Br. The van der Waals surface area contributed by atoms with Crippen molar-refractivity contribution in [3.05, 3.63) is 34.1 Å². The number of halogens is 2. The molecule has 0 saturated carbocycles. The Labute approximate surface area is 74.6 Å². The molecule has 0 radical (unpaired) electrons. The van der Waals surface area contributed by atoms with Gasteiger partial charge in [0.25, 0.3) is 0 Å². The fourth-order valence-electron chi connectivity index (χ4n) is 0.966. The summed E-state index contributed by atoms with van der Waals surface area (Å²) in [4.78, 5) is 0. The summed E-state index contributed by atoms with van der Waals surface area (Å²) in [5, 5.41) is 0. The van der Waals surface area contributed by atoms with Crippen LogP contribution in [0.1, 0.15) is 25.3 Å². The first-order chi connectivity index (χ1) is 5.13. The summed E-state index contributed by atoms with van der Waals surface area (Å²) in [5.74, 6) is 0.177. The highest BCUT2D eigenvalue weighted by molar-refractivity contribution is 9.10. The van der Waals surface area contributed by atoms with E-state index in [1.807, 2.05) is 19.9 Å². The molecule has 0 spiro atoms. The molecule has 0 bridgehead atoms. The molecule has 2 heteroatoms. The third-order valence-electron chi connectivity index (χ3n) is 1.60. The number of hydrogen-bond donors (Lipinski definition) is 0. The van der Waals surface area contributed by atoms with Crippen LogP contribution in [0.5, 0.6) is 0 Å². The van der Waals surface area contributed by atoms with Crippen LogP contribution in [-0.4, -0.2) is 0 Å². The van der Waals surface area contributed by atoms with Crippen LogP contribution in [0.4, 0.5) is 4.39 Å². The van der Waals surface area contributed by atoms with Gasteiger partial charge >= 0.3 is 0 Å². The third-order valence-corrected chi connectivity index (χ3v) is 2.44. The minimum atomic E-state index is -0.184. The Morgan fingerprint density at radius 3 is 2.45 bits per heavy atom. The molecular formula is C9H10BrF. The third kappa shape index (κ3) is 1.80. The minimum absolute atomic E-state index is 0.184. The van der Waals surface area contributed by atoms with Crippen LogP contribution in [0.3, 0.4) is 0 Å². The monoisotopic (exact) mass is 216 g/mol. The maximum atomic E-state index is 12.9. The molecule has 1 aromatic rings. The fourth-order valence-corrected chi connectivity index (χ4v) is 1.69. The Kier molecular flexibility index (Phi) is 2.66. The Balaban J connectivity index is 3.17. The lowest BCUT2D eigenvalue weighted by Gasteiger charge is -2.07. The second kappa shape index (κ2) is 3.35. The summed E-state index contributed by atoms with van der Waals surface area (Å²) >= 11 is 3.21. The summed E-state index contributed by atoms with van der Waals surface area (Å²) in [7, 11) is 0. The zero-order chi connectivity index (χ0) is 8.43. The van der Waals surface area contributed by atoms with E-state index in [0.29, 0.717) is 10.4 Å². The van der Waals surface area contributed by atoms with Crippen LogP contribution in [0.2, 0.25) is 0 Å². The lowest BCUT2D eigenvalue weighted by molar-refractivity contribution is 0.615. The Hall–Kier alpha value is -0.370. The van der Waals surface area contributed by atoms with Gasteiger partial charge in [-0.3, -0.25) is 0 Å². The van der Waals surface area contributed by atoms with Crippen molar-refractivity contribution in [2.45, 2.75) is 19.8 Å². The standard InChI is InChI=1S/C9H10BrF/c1-6(2)7-4-3-5-8(11)9(7)10/h3-6H,1-2H3. The van der Waals surface area contributed by atoms with Gasteiger partial charge in [0.1, 0.15) is 5.82 Å². The zero-order valence-electron chi connectivity index (χ0n) is 6.57. The summed E-state index contributed by atoms with van der Waals surface area (Å²) < 4.78 is 13.5. The molecule has 1 rings (SSSR count). The lowest BCUT2D eigenvalue weighted by Crippen LogP contribution is -1.90. The van der Waals surface area contributed by atoms with Crippen molar-refractivity contribution in [1.29, 1.82) is 0 Å².